The van der Waals surface area contributed by atoms with Crippen LogP contribution in [-0.4, -0.2) is 62.5 Å². The molecule has 1 aliphatic rings. The highest BCUT2D eigenvalue weighted by Crippen LogP contribution is 2.15. The van der Waals surface area contributed by atoms with Crippen LogP contribution in [0.4, 0.5) is 10.6 Å². The summed E-state index contributed by atoms with van der Waals surface area (Å²) in [5.41, 5.74) is -0.0721. The van der Waals surface area contributed by atoms with E-state index in [0.717, 1.165) is 0 Å². The van der Waals surface area contributed by atoms with E-state index in [9.17, 15) is 19.2 Å². The number of likely N-dealkylation sites (tertiary alicyclic amines) is 1. The highest BCUT2D eigenvalue weighted by Gasteiger charge is 2.30. The smallest absolute Gasteiger partial charge is 0.410 e. The number of pyridine rings is 1. The van der Waals surface area contributed by atoms with Gasteiger partial charge in [-0.3, -0.25) is 14.6 Å². The maximum atomic E-state index is 12.2. The highest BCUT2D eigenvalue weighted by molar-refractivity contribution is 5.93. The molecule has 2 aromatic rings. The van der Waals surface area contributed by atoms with Gasteiger partial charge in [0.1, 0.15) is 11.4 Å². The van der Waals surface area contributed by atoms with E-state index in [2.05, 4.69) is 25.6 Å². The fourth-order valence-corrected chi connectivity index (χ4v) is 3.09. The van der Waals surface area contributed by atoms with Crippen molar-refractivity contribution in [3.05, 3.63) is 22.6 Å². The molecule has 11 heteroatoms. The normalized spacial score (nSPS) is 16.5. The van der Waals surface area contributed by atoms with E-state index < -0.39 is 11.7 Å². The van der Waals surface area contributed by atoms with Crippen molar-refractivity contribution in [2.75, 3.05) is 18.4 Å². The summed E-state index contributed by atoms with van der Waals surface area (Å²) in [5.74, 6) is -0.344. The maximum Gasteiger partial charge on any atom is 0.410 e. The van der Waals surface area contributed by atoms with Crippen LogP contribution >= 0.6 is 0 Å². The minimum Gasteiger partial charge on any atom is -0.444 e. The third kappa shape index (κ3) is 5.82. The van der Waals surface area contributed by atoms with Crippen molar-refractivity contribution in [2.24, 2.45) is 0 Å². The van der Waals surface area contributed by atoms with Crippen LogP contribution in [0.15, 0.2) is 16.9 Å². The summed E-state index contributed by atoms with van der Waals surface area (Å²) < 4.78 is 5.33. The predicted octanol–water partition coefficient (Wildman–Crippen LogP) is 1.10. The summed E-state index contributed by atoms with van der Waals surface area (Å²) in [5, 5.41) is 5.45. The number of rotatable bonds is 5. The molecule has 11 nitrogen and oxygen atoms in total. The van der Waals surface area contributed by atoms with E-state index in [-0.39, 0.29) is 42.2 Å². The molecule has 3 rings (SSSR count). The zero-order valence-electron chi connectivity index (χ0n) is 17.2. The van der Waals surface area contributed by atoms with Gasteiger partial charge in [0.25, 0.3) is 0 Å². The second-order valence-electron chi connectivity index (χ2n) is 8.20. The van der Waals surface area contributed by atoms with Crippen molar-refractivity contribution < 1.29 is 19.1 Å². The number of nitrogens with one attached hydrogen (secondary N) is 4. The number of H-pyrrole nitrogens is 2. The number of amides is 3. The molecule has 0 aromatic carbocycles. The van der Waals surface area contributed by atoms with Crippen molar-refractivity contribution in [3.63, 3.8) is 0 Å². The molecule has 0 bridgehead atoms. The number of anilines is 1. The van der Waals surface area contributed by atoms with E-state index in [4.69, 9.17) is 4.74 Å². The molecule has 0 spiro atoms. The van der Waals surface area contributed by atoms with Crippen LogP contribution in [0.2, 0.25) is 0 Å². The maximum absolute atomic E-state index is 12.2. The Morgan fingerprint density at radius 1 is 1.20 bits per heavy atom. The Morgan fingerprint density at radius 3 is 2.67 bits per heavy atom. The van der Waals surface area contributed by atoms with Gasteiger partial charge in [-0.1, -0.05) is 0 Å². The van der Waals surface area contributed by atoms with Crippen molar-refractivity contribution >= 4 is 34.9 Å². The Hall–Kier alpha value is -3.37. The lowest BCUT2D eigenvalue weighted by Gasteiger charge is -2.24. The van der Waals surface area contributed by atoms with Crippen LogP contribution in [0, 0.1) is 0 Å². The molecule has 3 amide bonds. The minimum absolute atomic E-state index is 0.0119. The van der Waals surface area contributed by atoms with Gasteiger partial charge in [0.15, 0.2) is 5.65 Å². The van der Waals surface area contributed by atoms with Gasteiger partial charge in [-0.2, -0.15) is 0 Å². The second kappa shape index (κ2) is 8.56. The molecule has 0 aliphatic carbocycles. The van der Waals surface area contributed by atoms with Crippen LogP contribution in [0.5, 0.6) is 0 Å². The average molecular weight is 418 g/mol. The first-order valence-electron chi connectivity index (χ1n) is 9.75. The van der Waals surface area contributed by atoms with Gasteiger partial charge in [-0.05, 0) is 39.3 Å². The standard InChI is InChI=1S/C19H26N6O5/c1-19(2,3)30-18(29)25-9-8-11(10-25)20-14(26)6-7-15(27)22-13-5-4-12-16(23-13)24-17(28)21-12/h4-5,11H,6-10H2,1-3H3,(H,20,26)(H3,21,22,23,24,27,28)/t11-/m1/s1. The quantitative estimate of drug-likeness (QED) is 0.571. The lowest BCUT2D eigenvalue weighted by atomic mass is 10.2. The third-order valence-corrected chi connectivity index (χ3v) is 4.43. The van der Waals surface area contributed by atoms with Crippen LogP contribution in [0.25, 0.3) is 11.2 Å². The summed E-state index contributed by atoms with van der Waals surface area (Å²) in [6.07, 6.45) is 0.234. The zero-order chi connectivity index (χ0) is 21.9. The molecule has 30 heavy (non-hydrogen) atoms. The monoisotopic (exact) mass is 418 g/mol. The topological polar surface area (TPSA) is 149 Å². The van der Waals surface area contributed by atoms with Crippen LogP contribution < -0.4 is 16.3 Å². The lowest BCUT2D eigenvalue weighted by Crippen LogP contribution is -2.40. The van der Waals surface area contributed by atoms with Gasteiger partial charge in [-0.15, -0.1) is 0 Å². The van der Waals surface area contributed by atoms with Crippen LogP contribution in [-0.2, 0) is 14.3 Å². The number of nitrogens with zero attached hydrogens (tertiary/aromatic N) is 2. The number of hydrogen-bond acceptors (Lipinski definition) is 6. The van der Waals surface area contributed by atoms with E-state index in [1.54, 1.807) is 37.8 Å². The number of aromatic nitrogens is 3. The summed E-state index contributed by atoms with van der Waals surface area (Å²) in [6.45, 7) is 6.30. The van der Waals surface area contributed by atoms with E-state index in [0.29, 0.717) is 30.7 Å². The Balaban J connectivity index is 1.41. The van der Waals surface area contributed by atoms with E-state index >= 15 is 0 Å². The molecule has 162 valence electrons. The van der Waals surface area contributed by atoms with E-state index in [1.165, 1.54) is 0 Å². The van der Waals surface area contributed by atoms with Crippen LogP contribution in [0.1, 0.15) is 40.0 Å². The van der Waals surface area contributed by atoms with Crippen LogP contribution in [0.3, 0.4) is 0 Å². The molecule has 1 saturated heterocycles. The molecule has 1 fully saturated rings. The number of carbonyl (C=O) groups is 3. The third-order valence-electron chi connectivity index (χ3n) is 4.43. The Morgan fingerprint density at radius 2 is 1.93 bits per heavy atom. The molecule has 1 aliphatic heterocycles. The predicted molar refractivity (Wildman–Crippen MR) is 109 cm³/mol. The number of hydrogen-bond donors (Lipinski definition) is 4. The molecule has 3 heterocycles. The summed E-state index contributed by atoms with van der Waals surface area (Å²) in [6, 6.07) is 3.02. The first kappa shape index (κ1) is 21.3. The molecular formula is C19H26N6O5. The lowest BCUT2D eigenvalue weighted by molar-refractivity contribution is -0.124. The highest BCUT2D eigenvalue weighted by atomic mass is 16.6. The first-order chi connectivity index (χ1) is 14.1. The molecule has 0 saturated carbocycles. The van der Waals surface area contributed by atoms with E-state index in [1.807, 2.05) is 0 Å². The molecule has 0 radical (unpaired) electrons. The fraction of sp³-hybridized carbons (Fsp3) is 0.526. The Kier molecular flexibility index (Phi) is 6.09. The summed E-state index contributed by atoms with van der Waals surface area (Å²) >= 11 is 0. The summed E-state index contributed by atoms with van der Waals surface area (Å²) in [7, 11) is 0. The second-order valence-corrected chi connectivity index (χ2v) is 8.20. The van der Waals surface area contributed by atoms with Gasteiger partial charge in [0, 0.05) is 32.0 Å². The molecule has 2 aromatic heterocycles. The number of ether oxygens (including phenoxy) is 1. The van der Waals surface area contributed by atoms with Crippen molar-refractivity contribution in [3.8, 4) is 0 Å². The zero-order valence-corrected chi connectivity index (χ0v) is 17.2. The van der Waals surface area contributed by atoms with Gasteiger partial charge < -0.3 is 25.3 Å². The fourth-order valence-electron chi connectivity index (χ4n) is 3.09. The van der Waals surface area contributed by atoms with Crippen molar-refractivity contribution in [1.29, 1.82) is 0 Å². The van der Waals surface area contributed by atoms with Gasteiger partial charge in [0.2, 0.25) is 11.8 Å². The number of imidazole rings is 1. The summed E-state index contributed by atoms with van der Waals surface area (Å²) in [4.78, 5) is 58.3. The first-order valence-corrected chi connectivity index (χ1v) is 9.75. The molecule has 1 atom stereocenters. The Labute approximate surface area is 172 Å². The SMILES string of the molecule is CC(C)(C)OC(=O)N1CC[C@@H](NC(=O)CCC(=O)Nc2ccc3[nH]c(=O)[nH]c3n2)C1. The number of fused-ring (bicyclic) bond motifs is 1. The van der Waals surface area contributed by atoms with Gasteiger partial charge >= 0.3 is 11.8 Å². The molecule has 0 unspecified atom stereocenters. The number of aromatic amines is 2. The van der Waals surface area contributed by atoms with Crippen molar-refractivity contribution in [2.45, 2.75) is 51.7 Å². The number of carbonyl (C=O) groups excluding carboxylic acids is 3. The molecular weight excluding hydrogens is 392 g/mol. The minimum atomic E-state index is -0.568. The Bertz CT molecular complexity index is 1000. The van der Waals surface area contributed by atoms with Gasteiger partial charge in [-0.25, -0.2) is 14.6 Å². The van der Waals surface area contributed by atoms with Crippen molar-refractivity contribution in [1.82, 2.24) is 25.2 Å². The average Bonchev–Trinajstić information content (AvgIpc) is 3.24. The largest absolute Gasteiger partial charge is 0.444 e. The molecule has 4 N–H and O–H groups in total. The van der Waals surface area contributed by atoms with Gasteiger partial charge in [0.05, 0.1) is 5.52 Å².